The minimum absolute atomic E-state index is 0.0610. The van der Waals surface area contributed by atoms with Gasteiger partial charge in [0.05, 0.1) is 23.9 Å². The SMILES string of the molecule is CCC1CCCCN1C(=O)c1ccc2c(c1)C(=O)N(Cc1ccco1)C2=O. The van der Waals surface area contributed by atoms with Crippen LogP contribution in [0.15, 0.2) is 41.0 Å². The van der Waals surface area contributed by atoms with Gasteiger partial charge >= 0.3 is 0 Å². The van der Waals surface area contributed by atoms with E-state index in [1.807, 2.05) is 4.90 Å². The fraction of sp³-hybridized carbons (Fsp3) is 0.381. The summed E-state index contributed by atoms with van der Waals surface area (Å²) in [5.41, 5.74) is 1.10. The fourth-order valence-corrected chi connectivity index (χ4v) is 3.98. The lowest BCUT2D eigenvalue weighted by molar-refractivity contribution is 0.0606. The molecule has 140 valence electrons. The second-order valence-corrected chi connectivity index (χ2v) is 7.09. The number of nitrogens with zero attached hydrogens (tertiary/aromatic N) is 2. The molecule has 2 aliphatic heterocycles. The molecule has 27 heavy (non-hydrogen) atoms. The molecule has 0 bridgehead atoms. The molecular formula is C21H22N2O4. The first-order chi connectivity index (χ1) is 13.1. The van der Waals surface area contributed by atoms with Crippen molar-refractivity contribution in [1.82, 2.24) is 9.80 Å². The highest BCUT2D eigenvalue weighted by Crippen LogP contribution is 2.28. The summed E-state index contributed by atoms with van der Waals surface area (Å²) in [6, 6.07) is 8.50. The van der Waals surface area contributed by atoms with Crippen molar-refractivity contribution in [3.8, 4) is 0 Å². The summed E-state index contributed by atoms with van der Waals surface area (Å²) in [5, 5.41) is 0. The van der Waals surface area contributed by atoms with Gasteiger partial charge in [0.15, 0.2) is 0 Å². The average molecular weight is 366 g/mol. The highest BCUT2D eigenvalue weighted by atomic mass is 16.3. The smallest absolute Gasteiger partial charge is 0.261 e. The molecule has 0 saturated carbocycles. The molecule has 6 heteroatoms. The highest BCUT2D eigenvalue weighted by molar-refractivity contribution is 6.22. The minimum Gasteiger partial charge on any atom is -0.467 e. The summed E-state index contributed by atoms with van der Waals surface area (Å²) in [4.78, 5) is 41.4. The van der Waals surface area contributed by atoms with E-state index in [4.69, 9.17) is 4.42 Å². The molecule has 1 fully saturated rings. The molecule has 4 rings (SSSR count). The van der Waals surface area contributed by atoms with Crippen LogP contribution in [-0.4, -0.2) is 40.1 Å². The van der Waals surface area contributed by atoms with Gasteiger partial charge in [0.1, 0.15) is 5.76 Å². The zero-order valence-corrected chi connectivity index (χ0v) is 15.3. The van der Waals surface area contributed by atoms with Gasteiger partial charge in [0.25, 0.3) is 17.7 Å². The van der Waals surface area contributed by atoms with E-state index in [1.54, 1.807) is 30.3 Å². The molecule has 1 saturated heterocycles. The maximum Gasteiger partial charge on any atom is 0.261 e. The summed E-state index contributed by atoms with van der Waals surface area (Å²) in [7, 11) is 0. The second kappa shape index (κ2) is 7.02. The van der Waals surface area contributed by atoms with Gasteiger partial charge in [0.2, 0.25) is 0 Å². The molecule has 3 heterocycles. The number of hydrogen-bond donors (Lipinski definition) is 0. The van der Waals surface area contributed by atoms with E-state index in [0.717, 1.165) is 37.1 Å². The van der Waals surface area contributed by atoms with Crippen molar-refractivity contribution < 1.29 is 18.8 Å². The second-order valence-electron chi connectivity index (χ2n) is 7.09. The van der Waals surface area contributed by atoms with Gasteiger partial charge in [-0.1, -0.05) is 6.92 Å². The van der Waals surface area contributed by atoms with E-state index in [2.05, 4.69) is 6.92 Å². The number of furan rings is 1. The number of rotatable bonds is 4. The standard InChI is InChI=1S/C21H22N2O4/c1-2-15-6-3-4-10-22(15)19(24)14-8-9-17-18(12-14)21(26)23(20(17)25)13-16-7-5-11-27-16/h5,7-9,11-12,15H,2-4,6,10,13H2,1H3. The van der Waals surface area contributed by atoms with E-state index >= 15 is 0 Å². The Hall–Kier alpha value is -2.89. The number of carbonyl (C=O) groups is 3. The zero-order valence-electron chi connectivity index (χ0n) is 15.3. The predicted octanol–water partition coefficient (Wildman–Crippen LogP) is 3.48. The number of likely N-dealkylation sites (tertiary alicyclic amines) is 1. The van der Waals surface area contributed by atoms with Crippen LogP contribution in [0.4, 0.5) is 0 Å². The molecule has 0 aliphatic carbocycles. The normalized spacial score (nSPS) is 19.5. The Kier molecular flexibility index (Phi) is 4.56. The molecule has 0 N–H and O–H groups in total. The third-order valence-electron chi connectivity index (χ3n) is 5.47. The van der Waals surface area contributed by atoms with Crippen LogP contribution in [0.3, 0.4) is 0 Å². The Bertz CT molecular complexity index is 888. The zero-order chi connectivity index (χ0) is 19.0. The van der Waals surface area contributed by atoms with Crippen LogP contribution in [-0.2, 0) is 6.54 Å². The van der Waals surface area contributed by atoms with E-state index in [-0.39, 0.29) is 30.3 Å². The van der Waals surface area contributed by atoms with Crippen LogP contribution < -0.4 is 0 Å². The van der Waals surface area contributed by atoms with Crippen LogP contribution in [0.5, 0.6) is 0 Å². The van der Waals surface area contributed by atoms with Gasteiger partial charge in [-0.05, 0) is 56.0 Å². The van der Waals surface area contributed by atoms with E-state index in [9.17, 15) is 14.4 Å². The van der Waals surface area contributed by atoms with Gasteiger partial charge in [0, 0.05) is 18.2 Å². The molecule has 1 aromatic heterocycles. The van der Waals surface area contributed by atoms with Crippen molar-refractivity contribution in [2.75, 3.05) is 6.54 Å². The summed E-state index contributed by atoms with van der Waals surface area (Å²) in [5.74, 6) is -0.254. The fourth-order valence-electron chi connectivity index (χ4n) is 3.98. The van der Waals surface area contributed by atoms with Crippen LogP contribution >= 0.6 is 0 Å². The van der Waals surface area contributed by atoms with Gasteiger partial charge in [-0.25, -0.2) is 0 Å². The molecule has 0 spiro atoms. The molecule has 6 nitrogen and oxygen atoms in total. The van der Waals surface area contributed by atoms with Gasteiger partial charge in [-0.3, -0.25) is 19.3 Å². The Morgan fingerprint density at radius 1 is 1.15 bits per heavy atom. The van der Waals surface area contributed by atoms with Crippen molar-refractivity contribution in [1.29, 1.82) is 0 Å². The van der Waals surface area contributed by atoms with E-state index in [1.165, 1.54) is 6.26 Å². The van der Waals surface area contributed by atoms with Gasteiger partial charge in [-0.2, -0.15) is 0 Å². The molecule has 1 aromatic carbocycles. The molecule has 1 unspecified atom stereocenters. The Morgan fingerprint density at radius 2 is 1.96 bits per heavy atom. The molecular weight excluding hydrogens is 344 g/mol. The first kappa shape index (κ1) is 17.5. The van der Waals surface area contributed by atoms with Crippen molar-refractivity contribution in [2.24, 2.45) is 0 Å². The molecule has 2 aliphatic rings. The highest BCUT2D eigenvalue weighted by Gasteiger charge is 2.37. The Morgan fingerprint density at radius 3 is 2.70 bits per heavy atom. The minimum atomic E-state index is -0.383. The largest absolute Gasteiger partial charge is 0.467 e. The quantitative estimate of drug-likeness (QED) is 0.777. The summed E-state index contributed by atoms with van der Waals surface area (Å²) in [6.45, 7) is 2.92. The number of hydrogen-bond acceptors (Lipinski definition) is 4. The summed E-state index contributed by atoms with van der Waals surface area (Å²) < 4.78 is 5.25. The number of amides is 3. The monoisotopic (exact) mass is 366 g/mol. The average Bonchev–Trinajstić information content (AvgIpc) is 3.30. The Labute approximate surface area is 157 Å². The Balaban J connectivity index is 1.60. The molecule has 3 amide bonds. The lowest BCUT2D eigenvalue weighted by atomic mass is 9.98. The maximum absolute atomic E-state index is 13.0. The summed E-state index contributed by atoms with van der Waals surface area (Å²) >= 11 is 0. The van der Waals surface area contributed by atoms with Crippen LogP contribution in [0.25, 0.3) is 0 Å². The number of carbonyl (C=O) groups excluding carboxylic acids is 3. The van der Waals surface area contributed by atoms with Crippen molar-refractivity contribution in [2.45, 2.75) is 45.2 Å². The topological polar surface area (TPSA) is 70.8 Å². The first-order valence-corrected chi connectivity index (χ1v) is 9.43. The third-order valence-corrected chi connectivity index (χ3v) is 5.47. The van der Waals surface area contributed by atoms with E-state index in [0.29, 0.717) is 22.5 Å². The number of imide groups is 1. The third kappa shape index (κ3) is 3.05. The first-order valence-electron chi connectivity index (χ1n) is 9.43. The van der Waals surface area contributed by atoms with Crippen molar-refractivity contribution in [3.63, 3.8) is 0 Å². The maximum atomic E-state index is 13.0. The predicted molar refractivity (Wildman–Crippen MR) is 98.3 cm³/mol. The number of fused-ring (bicyclic) bond motifs is 1. The van der Waals surface area contributed by atoms with Crippen molar-refractivity contribution >= 4 is 17.7 Å². The van der Waals surface area contributed by atoms with Crippen molar-refractivity contribution in [3.05, 3.63) is 59.0 Å². The lowest BCUT2D eigenvalue weighted by Crippen LogP contribution is -2.43. The van der Waals surface area contributed by atoms with Crippen LogP contribution in [0.1, 0.15) is 69.4 Å². The van der Waals surface area contributed by atoms with Crippen LogP contribution in [0, 0.1) is 0 Å². The molecule has 1 atom stereocenters. The number of benzene rings is 1. The lowest BCUT2D eigenvalue weighted by Gasteiger charge is -2.35. The molecule has 2 aromatic rings. The van der Waals surface area contributed by atoms with Gasteiger partial charge in [-0.15, -0.1) is 0 Å². The van der Waals surface area contributed by atoms with E-state index < -0.39 is 0 Å². The summed E-state index contributed by atoms with van der Waals surface area (Å²) in [6.07, 6.45) is 5.59. The van der Waals surface area contributed by atoms with Gasteiger partial charge < -0.3 is 9.32 Å². The molecule has 0 radical (unpaired) electrons. The number of piperidine rings is 1. The van der Waals surface area contributed by atoms with Crippen LogP contribution in [0.2, 0.25) is 0 Å².